The number of rotatable bonds is 8. The van der Waals surface area contributed by atoms with E-state index in [9.17, 15) is 13.2 Å². The van der Waals surface area contributed by atoms with Crippen molar-refractivity contribution in [2.75, 3.05) is 5.32 Å². The summed E-state index contributed by atoms with van der Waals surface area (Å²) in [4.78, 5) is 13.0. The molecule has 2 aromatic carbocycles. The highest BCUT2D eigenvalue weighted by Gasteiger charge is 2.27. The van der Waals surface area contributed by atoms with E-state index < -0.39 is 22.0 Å². The molecular weight excluding hydrogens is 484 g/mol. The van der Waals surface area contributed by atoms with Crippen molar-refractivity contribution in [3.63, 3.8) is 0 Å². The minimum atomic E-state index is -3.84. The topological polar surface area (TPSA) is 75.3 Å². The number of sulfonamides is 1. The first-order chi connectivity index (χ1) is 14.2. The summed E-state index contributed by atoms with van der Waals surface area (Å²) in [6.07, 6.45) is 0.239. The third kappa shape index (κ3) is 6.01. The van der Waals surface area contributed by atoms with E-state index in [2.05, 4.69) is 39.8 Å². The van der Waals surface area contributed by atoms with Gasteiger partial charge >= 0.3 is 0 Å². The second-order valence-corrected chi connectivity index (χ2v) is 11.6. The van der Waals surface area contributed by atoms with Gasteiger partial charge in [0, 0.05) is 5.69 Å². The van der Waals surface area contributed by atoms with Crippen molar-refractivity contribution >= 4 is 48.9 Å². The van der Waals surface area contributed by atoms with Crippen molar-refractivity contribution in [3.05, 3.63) is 81.6 Å². The Morgan fingerprint density at radius 1 is 1.00 bits per heavy atom. The molecule has 0 saturated heterocycles. The summed E-state index contributed by atoms with van der Waals surface area (Å²) in [5, 5.41) is 2.84. The number of hydrogen-bond donors (Lipinski definition) is 2. The average Bonchev–Trinajstić information content (AvgIpc) is 3.16. The lowest BCUT2D eigenvalue weighted by Crippen LogP contribution is -2.45. The number of benzene rings is 2. The third-order valence-corrected chi connectivity index (χ3v) is 8.14. The Balaban J connectivity index is 1.82. The number of thiophene rings is 1. The van der Waals surface area contributed by atoms with E-state index in [0.717, 1.165) is 22.5 Å². The van der Waals surface area contributed by atoms with Gasteiger partial charge < -0.3 is 5.32 Å². The van der Waals surface area contributed by atoms with Gasteiger partial charge in [-0.15, -0.1) is 11.3 Å². The zero-order valence-electron chi connectivity index (χ0n) is 16.6. The first-order valence-corrected chi connectivity index (χ1v) is 12.6. The van der Waals surface area contributed by atoms with E-state index in [1.807, 2.05) is 54.6 Å². The summed E-state index contributed by atoms with van der Waals surface area (Å²) in [6, 6.07) is 19.1. The number of hydrogen-bond acceptors (Lipinski definition) is 4. The summed E-state index contributed by atoms with van der Waals surface area (Å²) in [5.74, 6) is -0.0205. The van der Waals surface area contributed by atoms with Crippen molar-refractivity contribution in [2.24, 2.45) is 0 Å². The summed E-state index contributed by atoms with van der Waals surface area (Å²) in [6.45, 7) is 4.20. The first-order valence-electron chi connectivity index (χ1n) is 9.47. The lowest BCUT2D eigenvalue weighted by atomic mass is 10.0. The Morgan fingerprint density at radius 2 is 1.67 bits per heavy atom. The minimum Gasteiger partial charge on any atom is -0.325 e. The molecule has 0 radical (unpaired) electrons. The monoisotopic (exact) mass is 506 g/mol. The Hall–Kier alpha value is -2.00. The van der Waals surface area contributed by atoms with Gasteiger partial charge in [-0.3, -0.25) is 4.79 Å². The van der Waals surface area contributed by atoms with Crippen molar-refractivity contribution in [1.29, 1.82) is 0 Å². The van der Waals surface area contributed by atoms with Crippen molar-refractivity contribution in [3.8, 4) is 0 Å². The van der Waals surface area contributed by atoms with Crippen molar-refractivity contribution in [2.45, 2.75) is 36.4 Å². The molecule has 0 spiro atoms. The second-order valence-electron chi connectivity index (χ2n) is 7.19. The molecule has 30 heavy (non-hydrogen) atoms. The van der Waals surface area contributed by atoms with Gasteiger partial charge in [-0.1, -0.05) is 56.3 Å². The predicted molar refractivity (Wildman–Crippen MR) is 125 cm³/mol. The van der Waals surface area contributed by atoms with Gasteiger partial charge in [-0.05, 0) is 63.7 Å². The van der Waals surface area contributed by atoms with Crippen LogP contribution >= 0.6 is 27.3 Å². The van der Waals surface area contributed by atoms with Gasteiger partial charge in [0.25, 0.3) is 10.0 Å². The fraction of sp³-hybridized carbons (Fsp3) is 0.227. The Labute approximate surface area is 189 Å². The molecule has 0 aliphatic carbocycles. The SMILES string of the molecule is CC(C)c1ccc(NC(=O)C(Cc2ccccc2)NS(=O)(=O)c2ccc(Br)s2)cc1. The van der Waals surface area contributed by atoms with Crippen LogP contribution in [0.1, 0.15) is 30.9 Å². The van der Waals surface area contributed by atoms with Gasteiger partial charge in [0.05, 0.1) is 3.79 Å². The zero-order valence-corrected chi connectivity index (χ0v) is 19.9. The molecule has 1 unspecified atom stereocenters. The van der Waals surface area contributed by atoms with Gasteiger partial charge in [-0.25, -0.2) is 8.42 Å². The summed E-state index contributed by atoms with van der Waals surface area (Å²) in [5.41, 5.74) is 2.65. The molecule has 0 fully saturated rings. The molecule has 3 rings (SSSR count). The van der Waals surface area contributed by atoms with Crippen LogP contribution in [0.25, 0.3) is 0 Å². The highest BCUT2D eigenvalue weighted by Crippen LogP contribution is 2.26. The van der Waals surface area contributed by atoms with Crippen LogP contribution in [-0.4, -0.2) is 20.4 Å². The fourth-order valence-corrected chi connectivity index (χ4v) is 6.13. The number of halogens is 1. The van der Waals surface area contributed by atoms with Crippen molar-refractivity contribution in [1.82, 2.24) is 4.72 Å². The molecule has 1 heterocycles. The number of anilines is 1. The second kappa shape index (κ2) is 9.87. The van der Waals surface area contributed by atoms with Gasteiger partial charge in [0.2, 0.25) is 5.91 Å². The van der Waals surface area contributed by atoms with E-state index in [-0.39, 0.29) is 10.6 Å². The summed E-state index contributed by atoms with van der Waals surface area (Å²) < 4.78 is 29.1. The molecule has 0 aliphatic rings. The normalized spacial score (nSPS) is 12.7. The predicted octanol–water partition coefficient (Wildman–Crippen LogP) is 5.16. The third-order valence-electron chi connectivity index (χ3n) is 4.55. The minimum absolute atomic E-state index is 0.154. The first kappa shape index (κ1) is 22.7. The smallest absolute Gasteiger partial charge is 0.250 e. The standard InChI is InChI=1S/C22H23BrN2O3S2/c1-15(2)17-8-10-18(11-9-17)24-22(26)19(14-16-6-4-3-5-7-16)25-30(27,28)21-13-12-20(23)29-21/h3-13,15,19,25H,14H2,1-2H3,(H,24,26). The van der Waals surface area contributed by atoms with E-state index in [4.69, 9.17) is 0 Å². The largest absolute Gasteiger partial charge is 0.325 e. The number of amides is 1. The maximum atomic E-state index is 13.0. The molecule has 0 aliphatic heterocycles. The maximum Gasteiger partial charge on any atom is 0.250 e. The van der Waals surface area contributed by atoms with Gasteiger partial charge in [0.1, 0.15) is 10.3 Å². The molecule has 1 amide bonds. The lowest BCUT2D eigenvalue weighted by molar-refractivity contribution is -0.117. The molecule has 0 bridgehead atoms. The molecule has 2 N–H and O–H groups in total. The molecule has 158 valence electrons. The van der Waals surface area contributed by atoms with Crippen LogP contribution in [0.3, 0.4) is 0 Å². The number of nitrogens with one attached hydrogen (secondary N) is 2. The fourth-order valence-electron chi connectivity index (χ4n) is 2.91. The van der Waals surface area contributed by atoms with Crippen LogP contribution in [-0.2, 0) is 21.2 Å². The molecule has 1 aromatic heterocycles. The van der Waals surface area contributed by atoms with E-state index >= 15 is 0 Å². The van der Waals surface area contributed by atoms with Crippen LogP contribution in [0.15, 0.2) is 74.7 Å². The van der Waals surface area contributed by atoms with E-state index in [1.54, 1.807) is 6.07 Å². The quantitative estimate of drug-likeness (QED) is 0.442. The highest BCUT2D eigenvalue weighted by atomic mass is 79.9. The van der Waals surface area contributed by atoms with Crippen LogP contribution in [0.2, 0.25) is 0 Å². The number of carbonyl (C=O) groups is 1. The van der Waals surface area contributed by atoms with Gasteiger partial charge in [-0.2, -0.15) is 4.72 Å². The molecular formula is C22H23BrN2O3S2. The maximum absolute atomic E-state index is 13.0. The van der Waals surface area contributed by atoms with E-state index in [0.29, 0.717) is 15.4 Å². The molecule has 5 nitrogen and oxygen atoms in total. The van der Waals surface area contributed by atoms with Crippen LogP contribution in [0, 0.1) is 0 Å². The average molecular weight is 507 g/mol. The summed E-state index contributed by atoms with van der Waals surface area (Å²) in [7, 11) is -3.84. The van der Waals surface area contributed by atoms with Crippen LogP contribution < -0.4 is 10.0 Å². The van der Waals surface area contributed by atoms with Gasteiger partial charge in [0.15, 0.2) is 0 Å². The van der Waals surface area contributed by atoms with Crippen LogP contribution in [0.4, 0.5) is 5.69 Å². The molecule has 8 heteroatoms. The number of carbonyl (C=O) groups excluding carboxylic acids is 1. The Bertz CT molecular complexity index is 1090. The highest BCUT2D eigenvalue weighted by molar-refractivity contribution is 9.11. The zero-order chi connectivity index (χ0) is 21.7. The summed E-state index contributed by atoms with van der Waals surface area (Å²) >= 11 is 4.38. The molecule has 1 atom stereocenters. The van der Waals surface area contributed by atoms with Crippen molar-refractivity contribution < 1.29 is 13.2 Å². The van der Waals surface area contributed by atoms with Crippen LogP contribution in [0.5, 0.6) is 0 Å². The Kier molecular flexibility index (Phi) is 7.46. The molecule has 3 aromatic rings. The van der Waals surface area contributed by atoms with E-state index in [1.165, 1.54) is 6.07 Å². The molecule has 0 saturated carbocycles. The Morgan fingerprint density at radius 3 is 2.23 bits per heavy atom. The lowest BCUT2D eigenvalue weighted by Gasteiger charge is -2.18.